The zero-order valence-electron chi connectivity index (χ0n) is 21.4. The average molecular weight is 554 g/mol. The molecule has 4 rings (SSSR count). The number of allylic oxidation sites excluding steroid dienone is 1. The second-order valence-electron chi connectivity index (χ2n) is 9.65. The minimum atomic E-state index is -3.28. The number of ketones is 1. The molecule has 1 amide bonds. The number of benzene rings is 1. The minimum absolute atomic E-state index is 0.207. The number of halogens is 5. The molecule has 1 fully saturated rings. The molecule has 2 atom stereocenters. The van der Waals surface area contributed by atoms with Crippen molar-refractivity contribution in [2.45, 2.75) is 57.2 Å². The van der Waals surface area contributed by atoms with Crippen molar-refractivity contribution >= 4 is 11.7 Å². The second-order valence-corrected chi connectivity index (χ2v) is 9.65. The number of pyridine rings is 1. The molecular weight excluding hydrogens is 525 g/mol. The summed E-state index contributed by atoms with van der Waals surface area (Å²) in [6, 6.07) is -0.0209. The molecule has 1 aliphatic carbocycles. The van der Waals surface area contributed by atoms with Crippen molar-refractivity contribution in [2.75, 3.05) is 20.2 Å². The van der Waals surface area contributed by atoms with Crippen LogP contribution in [-0.2, 0) is 6.54 Å². The third kappa shape index (κ3) is 5.61. The maximum absolute atomic E-state index is 14.6. The molecule has 1 aromatic carbocycles. The summed E-state index contributed by atoms with van der Waals surface area (Å²) in [5.74, 6) is -8.60. The summed E-state index contributed by atoms with van der Waals surface area (Å²) in [5, 5.41) is 2.55. The van der Waals surface area contributed by atoms with Gasteiger partial charge in [-0.3, -0.25) is 14.4 Å². The first-order chi connectivity index (χ1) is 18.5. The van der Waals surface area contributed by atoms with Crippen molar-refractivity contribution in [1.29, 1.82) is 0 Å². The number of amides is 1. The molecule has 7 nitrogen and oxygen atoms in total. The monoisotopic (exact) mass is 553 g/mol. The lowest BCUT2D eigenvalue weighted by molar-refractivity contribution is -0.0168. The van der Waals surface area contributed by atoms with Crippen molar-refractivity contribution < 1.29 is 36.3 Å². The van der Waals surface area contributed by atoms with E-state index < -0.39 is 83.5 Å². The quantitative estimate of drug-likeness (QED) is 0.283. The molecule has 1 N–H and O–H groups in total. The fourth-order valence-electron chi connectivity index (χ4n) is 5.38. The van der Waals surface area contributed by atoms with E-state index in [4.69, 9.17) is 4.74 Å². The van der Waals surface area contributed by atoms with Gasteiger partial charge in [0.05, 0.1) is 37.8 Å². The Bertz CT molecular complexity index is 1350. The van der Waals surface area contributed by atoms with Crippen LogP contribution in [0.25, 0.3) is 0 Å². The first-order valence-corrected chi connectivity index (χ1v) is 12.5. The lowest BCUT2D eigenvalue weighted by Crippen LogP contribution is -2.56. The maximum atomic E-state index is 14.6. The Morgan fingerprint density at radius 1 is 1.13 bits per heavy atom. The fraction of sp³-hybridized carbons (Fsp3) is 0.444. The Morgan fingerprint density at radius 3 is 2.38 bits per heavy atom. The van der Waals surface area contributed by atoms with E-state index in [1.165, 1.54) is 23.8 Å². The molecule has 0 saturated heterocycles. The van der Waals surface area contributed by atoms with Crippen LogP contribution in [0, 0.1) is 17.5 Å². The van der Waals surface area contributed by atoms with E-state index in [0.29, 0.717) is 25.0 Å². The lowest BCUT2D eigenvalue weighted by atomic mass is 9.85. The number of alkyl halides is 2. The van der Waals surface area contributed by atoms with Crippen LogP contribution in [0.2, 0.25) is 0 Å². The summed E-state index contributed by atoms with van der Waals surface area (Å²) >= 11 is 0. The van der Waals surface area contributed by atoms with Crippen molar-refractivity contribution in [3.63, 3.8) is 0 Å². The highest BCUT2D eigenvalue weighted by Crippen LogP contribution is 2.40. The molecule has 2 aliphatic rings. The van der Waals surface area contributed by atoms with Crippen LogP contribution in [0.5, 0.6) is 5.75 Å². The Kier molecular flexibility index (Phi) is 8.24. The normalized spacial score (nSPS) is 19.3. The molecule has 1 aliphatic heterocycles. The topological polar surface area (TPSA) is 80.6 Å². The Hall–Kier alpha value is -3.54. The van der Waals surface area contributed by atoms with Gasteiger partial charge in [0.15, 0.2) is 17.2 Å². The number of Topliss-reactive ketones (excluding diaryl/α,β-unsaturated/α-hetero) is 1. The number of fused-ring (bicyclic) bond motifs is 3. The Morgan fingerprint density at radius 2 is 1.77 bits per heavy atom. The summed E-state index contributed by atoms with van der Waals surface area (Å²) in [6.45, 7) is -0.369. The molecule has 2 heterocycles. The highest BCUT2D eigenvalue weighted by molar-refractivity contribution is 6.01. The van der Waals surface area contributed by atoms with Gasteiger partial charge in [-0.05, 0) is 25.8 Å². The largest absolute Gasteiger partial charge is 0.491 e. The van der Waals surface area contributed by atoms with Crippen LogP contribution in [0.1, 0.15) is 65.1 Å². The van der Waals surface area contributed by atoms with E-state index in [0.717, 1.165) is 30.9 Å². The molecule has 0 spiro atoms. The fourth-order valence-corrected chi connectivity index (χ4v) is 5.38. The summed E-state index contributed by atoms with van der Waals surface area (Å²) in [7, 11) is 1.14. The molecule has 1 saturated carbocycles. The molecule has 1 aromatic heterocycles. The average Bonchev–Trinajstić information content (AvgIpc) is 2.87. The van der Waals surface area contributed by atoms with Crippen LogP contribution in [0.3, 0.4) is 0 Å². The van der Waals surface area contributed by atoms with Gasteiger partial charge in [0.2, 0.25) is 5.43 Å². The number of nitrogens with zero attached hydrogens (tertiary/aromatic N) is 2. The highest BCUT2D eigenvalue weighted by Gasteiger charge is 2.46. The predicted octanol–water partition coefficient (Wildman–Crippen LogP) is 4.40. The highest BCUT2D eigenvalue weighted by atomic mass is 19.3. The molecular formula is C27H28F5N3O4. The maximum Gasteiger partial charge on any atom is 0.283 e. The Labute approximate surface area is 221 Å². The van der Waals surface area contributed by atoms with Gasteiger partial charge in [0.1, 0.15) is 17.5 Å². The SMILES string of the molecule is C/C=C\C(F)(F)CN1C(=O)c2c(OC)c(=O)c(C(=O)CNCc3c(F)cc(F)cc3F)cn2[C@@H]2CCCC[C@H]21. The first kappa shape index (κ1) is 28.5. The zero-order chi connectivity index (χ0) is 28.5. The van der Waals surface area contributed by atoms with E-state index in [1.807, 2.05) is 0 Å². The third-order valence-corrected chi connectivity index (χ3v) is 7.10. The van der Waals surface area contributed by atoms with Gasteiger partial charge in [0.25, 0.3) is 11.8 Å². The van der Waals surface area contributed by atoms with Gasteiger partial charge in [0, 0.05) is 30.4 Å². The van der Waals surface area contributed by atoms with Crippen molar-refractivity contribution in [2.24, 2.45) is 0 Å². The van der Waals surface area contributed by atoms with E-state index in [2.05, 4.69) is 5.32 Å². The predicted molar refractivity (Wildman–Crippen MR) is 132 cm³/mol. The number of hydrogen-bond acceptors (Lipinski definition) is 5. The van der Waals surface area contributed by atoms with E-state index in [-0.39, 0.29) is 11.3 Å². The van der Waals surface area contributed by atoms with Gasteiger partial charge in [-0.2, -0.15) is 0 Å². The van der Waals surface area contributed by atoms with Crippen molar-refractivity contribution in [3.8, 4) is 5.75 Å². The summed E-state index contributed by atoms with van der Waals surface area (Å²) in [4.78, 5) is 40.8. The number of rotatable bonds is 9. The molecule has 2 aromatic rings. The second kappa shape index (κ2) is 11.3. The van der Waals surface area contributed by atoms with Crippen molar-refractivity contribution in [3.05, 3.63) is 75.0 Å². The lowest BCUT2D eigenvalue weighted by Gasteiger charge is -2.46. The third-order valence-electron chi connectivity index (χ3n) is 7.10. The molecule has 0 bridgehead atoms. The molecule has 12 heteroatoms. The van der Waals surface area contributed by atoms with Crippen LogP contribution in [-0.4, -0.2) is 53.3 Å². The first-order valence-electron chi connectivity index (χ1n) is 12.5. The van der Waals surface area contributed by atoms with E-state index >= 15 is 0 Å². The summed E-state index contributed by atoms with van der Waals surface area (Å²) in [5.41, 5.74) is -1.92. The number of carbonyl (C=O) groups is 2. The summed E-state index contributed by atoms with van der Waals surface area (Å²) in [6.07, 6.45) is 5.63. The van der Waals surface area contributed by atoms with Gasteiger partial charge >= 0.3 is 0 Å². The number of methoxy groups -OCH3 is 1. The van der Waals surface area contributed by atoms with Crippen LogP contribution in [0.4, 0.5) is 22.0 Å². The van der Waals surface area contributed by atoms with Crippen LogP contribution in [0.15, 0.2) is 35.3 Å². The minimum Gasteiger partial charge on any atom is -0.491 e. The molecule has 0 radical (unpaired) electrons. The van der Waals surface area contributed by atoms with Crippen LogP contribution >= 0.6 is 0 Å². The van der Waals surface area contributed by atoms with Gasteiger partial charge in [-0.15, -0.1) is 0 Å². The van der Waals surface area contributed by atoms with Gasteiger partial charge in [-0.25, -0.2) is 22.0 Å². The molecule has 210 valence electrons. The van der Waals surface area contributed by atoms with Crippen LogP contribution < -0.4 is 15.5 Å². The molecule has 0 unspecified atom stereocenters. The van der Waals surface area contributed by atoms with E-state index in [1.54, 1.807) is 0 Å². The number of carbonyl (C=O) groups excluding carboxylic acids is 2. The van der Waals surface area contributed by atoms with E-state index in [9.17, 15) is 36.3 Å². The number of ether oxygens (including phenoxy) is 1. The zero-order valence-corrected chi connectivity index (χ0v) is 21.4. The smallest absolute Gasteiger partial charge is 0.283 e. The summed E-state index contributed by atoms with van der Waals surface area (Å²) < 4.78 is 76.8. The number of aromatic nitrogens is 1. The molecule has 39 heavy (non-hydrogen) atoms. The number of nitrogens with one attached hydrogen (secondary N) is 1. The number of hydrogen-bond donors (Lipinski definition) is 1. The van der Waals surface area contributed by atoms with Gasteiger partial charge in [-0.1, -0.05) is 18.9 Å². The standard InChI is InChI=1S/C27H28F5N3O4/c1-3-8-27(31,32)14-35-21-7-5-4-6-20(21)34-13-17(24(37)25(39-2)23(34)26(35)38)22(36)12-33-11-16-18(29)9-15(28)10-19(16)30/h3,8-10,13,20-21,33H,4-7,11-12,14H2,1-2H3/b8-3-/t20-,21-/m1/s1. The van der Waals surface area contributed by atoms with Crippen molar-refractivity contribution in [1.82, 2.24) is 14.8 Å². The van der Waals surface area contributed by atoms with Gasteiger partial charge < -0.3 is 19.5 Å². The Balaban J connectivity index is 1.66.